The first kappa shape index (κ1) is 13.2. The molecule has 1 atom stereocenters. The predicted molar refractivity (Wildman–Crippen MR) is 80.3 cm³/mol. The molecule has 18 heavy (non-hydrogen) atoms. The number of rotatable bonds is 5. The van der Waals surface area contributed by atoms with Crippen molar-refractivity contribution in [3.63, 3.8) is 0 Å². The Bertz CT molecular complexity index is 487. The Labute approximate surface area is 111 Å². The monoisotopic (exact) mass is 254 g/mol. The second-order valence-electron chi connectivity index (χ2n) is 4.09. The largest absolute Gasteiger partial charge is 0.496 e. The molecule has 0 fully saturated rings. The van der Waals surface area contributed by atoms with Crippen LogP contribution in [0, 0.1) is 0 Å². The topological polar surface area (TPSA) is 9.23 Å². The lowest BCUT2D eigenvalue weighted by atomic mass is 10.1. The van der Waals surface area contributed by atoms with Gasteiger partial charge in [0, 0.05) is 0 Å². The number of hydrogen-bond acceptors (Lipinski definition) is 1. The van der Waals surface area contributed by atoms with Crippen LogP contribution in [0.15, 0.2) is 54.6 Å². The highest BCUT2D eigenvalue weighted by molar-refractivity contribution is 7.88. The Balaban J connectivity index is 1.99. The summed E-state index contributed by atoms with van der Waals surface area (Å²) in [6.45, 7) is 0. The maximum absolute atomic E-state index is 6.26. The minimum Gasteiger partial charge on any atom is -0.496 e. The van der Waals surface area contributed by atoms with Crippen molar-refractivity contribution < 1.29 is 4.74 Å². The molecule has 0 saturated carbocycles. The fourth-order valence-electron chi connectivity index (χ4n) is 1.90. The van der Waals surface area contributed by atoms with Crippen molar-refractivity contribution >= 4 is 20.7 Å². The Morgan fingerprint density at radius 3 is 2.39 bits per heavy atom. The summed E-state index contributed by atoms with van der Waals surface area (Å²) in [5, 5.41) is 1.25. The van der Waals surface area contributed by atoms with E-state index in [2.05, 4.69) is 18.2 Å². The van der Waals surface area contributed by atoms with Crippen LogP contribution < -0.4 is 10.0 Å². The molecule has 2 aromatic rings. The van der Waals surface area contributed by atoms with Crippen LogP contribution in [0.4, 0.5) is 0 Å². The van der Waals surface area contributed by atoms with Gasteiger partial charge in [0.15, 0.2) is 0 Å². The number of benzene rings is 2. The summed E-state index contributed by atoms with van der Waals surface area (Å²) in [5.41, 5.74) is 1.23. The second kappa shape index (κ2) is 6.61. The third-order valence-electron chi connectivity index (χ3n) is 2.90. The summed E-state index contributed by atoms with van der Waals surface area (Å²) in [6, 6.07) is 18.4. The van der Waals surface area contributed by atoms with Gasteiger partial charge < -0.3 is 4.74 Å². The smallest absolute Gasteiger partial charge is 0.122 e. The third kappa shape index (κ3) is 3.37. The van der Waals surface area contributed by atoms with Gasteiger partial charge in [-0.05, 0) is 29.5 Å². The van der Waals surface area contributed by atoms with Crippen LogP contribution in [-0.4, -0.2) is 20.8 Å². The molecule has 0 aromatic heterocycles. The van der Waals surface area contributed by atoms with Crippen LogP contribution in [0.3, 0.4) is 0 Å². The summed E-state index contributed by atoms with van der Waals surface area (Å²) in [7, 11) is 7.40. The van der Waals surface area contributed by atoms with Gasteiger partial charge in [0.2, 0.25) is 0 Å². The van der Waals surface area contributed by atoms with E-state index in [0.717, 1.165) is 18.3 Å². The van der Waals surface area contributed by atoms with Gasteiger partial charge in [0.1, 0.15) is 13.3 Å². The van der Waals surface area contributed by atoms with Crippen molar-refractivity contribution in [1.82, 2.24) is 0 Å². The van der Waals surface area contributed by atoms with E-state index in [9.17, 15) is 0 Å². The van der Waals surface area contributed by atoms with Crippen molar-refractivity contribution in [3.8, 4) is 5.75 Å². The van der Waals surface area contributed by atoms with E-state index in [1.807, 2.05) is 36.4 Å². The van der Waals surface area contributed by atoms with Gasteiger partial charge >= 0.3 is 0 Å². The number of para-hydroxylation sites is 1. The van der Waals surface area contributed by atoms with E-state index >= 15 is 0 Å². The Hall–Kier alpha value is -1.27. The maximum atomic E-state index is 6.26. The van der Waals surface area contributed by atoms with Gasteiger partial charge in [0.05, 0.1) is 7.11 Å². The highest BCUT2D eigenvalue weighted by atomic mass is 31.1. The zero-order valence-corrected chi connectivity index (χ0v) is 11.4. The molecular formula is C15H16BOP. The molecule has 0 amide bonds. The summed E-state index contributed by atoms with van der Waals surface area (Å²) < 4.78 is 5.35. The first-order chi connectivity index (χ1) is 8.81. The van der Waals surface area contributed by atoms with E-state index in [4.69, 9.17) is 12.3 Å². The summed E-state index contributed by atoms with van der Waals surface area (Å²) in [5.74, 6) is 0.953. The van der Waals surface area contributed by atoms with E-state index in [-0.39, 0.29) is 0 Å². The molecular weight excluding hydrogens is 238 g/mol. The predicted octanol–water partition coefficient (Wildman–Crippen LogP) is 3.13. The number of methoxy groups -OCH3 is 1. The van der Waals surface area contributed by atoms with Crippen molar-refractivity contribution in [2.75, 3.05) is 13.3 Å². The van der Waals surface area contributed by atoms with E-state index in [1.165, 1.54) is 10.9 Å². The molecule has 2 rings (SSSR count). The van der Waals surface area contributed by atoms with Gasteiger partial charge in [-0.1, -0.05) is 48.5 Å². The molecule has 3 heteroatoms. The van der Waals surface area contributed by atoms with E-state index in [1.54, 1.807) is 7.11 Å². The molecule has 2 radical (unpaired) electrons. The molecule has 0 aliphatic carbocycles. The van der Waals surface area contributed by atoms with Crippen LogP contribution >= 0.6 is 7.80 Å². The molecule has 0 bridgehead atoms. The first-order valence-electron chi connectivity index (χ1n) is 6.00. The zero-order chi connectivity index (χ0) is 12.8. The Morgan fingerprint density at radius 2 is 1.67 bits per heavy atom. The highest BCUT2D eigenvalue weighted by Crippen LogP contribution is 2.30. The lowest BCUT2D eigenvalue weighted by Gasteiger charge is -2.14. The lowest BCUT2D eigenvalue weighted by molar-refractivity contribution is 0.410. The average molecular weight is 254 g/mol. The van der Waals surface area contributed by atoms with Gasteiger partial charge in [-0.2, -0.15) is 0 Å². The summed E-state index contributed by atoms with van der Waals surface area (Å²) in [4.78, 5) is 0. The second-order valence-corrected chi connectivity index (χ2v) is 5.99. The third-order valence-corrected chi connectivity index (χ3v) is 4.57. The van der Waals surface area contributed by atoms with Crippen molar-refractivity contribution in [2.24, 2.45) is 0 Å². The fourth-order valence-corrected chi connectivity index (χ4v) is 3.19. The molecule has 0 heterocycles. The molecule has 0 spiro atoms. The van der Waals surface area contributed by atoms with Crippen LogP contribution in [-0.2, 0) is 6.42 Å². The average Bonchev–Trinajstić information content (AvgIpc) is 2.46. The van der Waals surface area contributed by atoms with Gasteiger partial charge in [-0.15, -0.1) is 7.80 Å². The Kier molecular flexibility index (Phi) is 4.84. The highest BCUT2D eigenvalue weighted by Gasteiger charge is 2.06. The van der Waals surface area contributed by atoms with Crippen molar-refractivity contribution in [2.45, 2.75) is 6.42 Å². The quantitative estimate of drug-likeness (QED) is 0.588. The van der Waals surface area contributed by atoms with Gasteiger partial charge in [-0.3, -0.25) is 0 Å². The normalized spacial score (nSPS) is 12.1. The lowest BCUT2D eigenvalue weighted by Crippen LogP contribution is -2.04. The van der Waals surface area contributed by atoms with Gasteiger partial charge in [0.25, 0.3) is 0 Å². The SMILES string of the molecule is [B]P(CCc1ccccc1OC)c1ccccc1. The minimum atomic E-state index is -0.572. The van der Waals surface area contributed by atoms with Crippen LogP contribution in [0.25, 0.3) is 0 Å². The van der Waals surface area contributed by atoms with Crippen molar-refractivity contribution in [3.05, 3.63) is 60.2 Å². The van der Waals surface area contributed by atoms with E-state index in [0.29, 0.717) is 0 Å². The van der Waals surface area contributed by atoms with Crippen LogP contribution in [0.5, 0.6) is 5.75 Å². The van der Waals surface area contributed by atoms with Gasteiger partial charge in [-0.25, -0.2) is 0 Å². The molecule has 1 unspecified atom stereocenters. The molecule has 0 N–H and O–H groups in total. The summed E-state index contributed by atoms with van der Waals surface area (Å²) in [6.07, 6.45) is 1.95. The standard InChI is InChI=1S/C15H16BOP/c1-17-15-10-6-5-7-13(15)11-12-18(16)14-8-3-2-4-9-14/h2-10H,11-12H2,1H3. The maximum Gasteiger partial charge on any atom is 0.122 e. The fraction of sp³-hybridized carbons (Fsp3) is 0.200. The molecule has 90 valence electrons. The number of aryl methyl sites for hydroxylation is 1. The van der Waals surface area contributed by atoms with Crippen LogP contribution in [0.1, 0.15) is 5.56 Å². The van der Waals surface area contributed by atoms with Crippen LogP contribution in [0.2, 0.25) is 0 Å². The molecule has 1 nitrogen and oxygen atoms in total. The van der Waals surface area contributed by atoms with E-state index < -0.39 is 7.80 Å². The zero-order valence-electron chi connectivity index (χ0n) is 10.5. The van der Waals surface area contributed by atoms with Crippen molar-refractivity contribution in [1.29, 1.82) is 0 Å². The molecule has 0 aliphatic rings. The summed E-state index contributed by atoms with van der Waals surface area (Å²) >= 11 is 0. The molecule has 0 saturated heterocycles. The minimum absolute atomic E-state index is 0.572. The molecule has 2 aromatic carbocycles. The number of ether oxygens (including phenoxy) is 1. The first-order valence-corrected chi connectivity index (χ1v) is 7.60. The number of hydrogen-bond donors (Lipinski definition) is 0. The molecule has 0 aliphatic heterocycles. The Morgan fingerprint density at radius 1 is 1.00 bits per heavy atom.